The van der Waals surface area contributed by atoms with Crippen molar-refractivity contribution in [2.75, 3.05) is 0 Å². The molecule has 1 atom stereocenters. The van der Waals surface area contributed by atoms with Gasteiger partial charge in [0.05, 0.1) is 4.90 Å². The maximum absolute atomic E-state index is 11.7. The molecule has 94 valence electrons. The van der Waals surface area contributed by atoms with Gasteiger partial charge < -0.3 is 5.73 Å². The fourth-order valence-corrected chi connectivity index (χ4v) is 2.25. The first kappa shape index (κ1) is 13.7. The lowest BCUT2D eigenvalue weighted by Crippen LogP contribution is -2.35. The summed E-state index contributed by atoms with van der Waals surface area (Å²) < 4.78 is 25.5. The van der Waals surface area contributed by atoms with Crippen molar-refractivity contribution in [2.45, 2.75) is 30.7 Å². The molecule has 0 heterocycles. The number of nitrogens with one attached hydrogen (secondary N) is 1. The zero-order valence-corrected chi connectivity index (χ0v) is 10.4. The Balaban J connectivity index is 2.72. The van der Waals surface area contributed by atoms with Crippen molar-refractivity contribution in [2.24, 2.45) is 5.73 Å². The molecule has 0 spiro atoms. The summed E-state index contributed by atoms with van der Waals surface area (Å²) >= 11 is 0. The smallest absolute Gasteiger partial charge is 0.264 e. The Morgan fingerprint density at radius 3 is 2.47 bits per heavy atom. The van der Waals surface area contributed by atoms with Gasteiger partial charge in [0.15, 0.2) is 0 Å². The van der Waals surface area contributed by atoms with Gasteiger partial charge in [0.2, 0.25) is 5.91 Å². The van der Waals surface area contributed by atoms with Crippen LogP contribution in [0.25, 0.3) is 0 Å². The van der Waals surface area contributed by atoms with Gasteiger partial charge in [-0.3, -0.25) is 4.79 Å². The first-order valence-corrected chi connectivity index (χ1v) is 6.80. The normalized spacial score (nSPS) is 13.1. The Hall–Kier alpha value is -1.40. The quantitative estimate of drug-likeness (QED) is 0.808. The van der Waals surface area contributed by atoms with E-state index >= 15 is 0 Å². The van der Waals surface area contributed by atoms with Crippen molar-refractivity contribution < 1.29 is 13.2 Å². The molecular weight excluding hydrogens is 240 g/mol. The summed E-state index contributed by atoms with van der Waals surface area (Å²) in [5, 5.41) is 0. The molecule has 0 saturated heterocycles. The van der Waals surface area contributed by atoms with Crippen LogP contribution in [0.2, 0.25) is 0 Å². The summed E-state index contributed by atoms with van der Waals surface area (Å²) in [6.45, 7) is 1.84. The van der Waals surface area contributed by atoms with Crippen LogP contribution in [-0.4, -0.2) is 20.4 Å². The summed E-state index contributed by atoms with van der Waals surface area (Å²) in [6.07, 6.45) is 0.626. The highest BCUT2D eigenvalue weighted by atomic mass is 32.2. The van der Waals surface area contributed by atoms with Crippen LogP contribution in [0.15, 0.2) is 35.2 Å². The number of amides is 1. The lowest BCUT2D eigenvalue weighted by atomic mass is 10.2. The van der Waals surface area contributed by atoms with E-state index < -0.39 is 15.9 Å². The third kappa shape index (κ3) is 4.16. The van der Waals surface area contributed by atoms with Crippen molar-refractivity contribution >= 4 is 15.9 Å². The van der Waals surface area contributed by atoms with E-state index in [1.807, 2.05) is 11.6 Å². The highest BCUT2D eigenvalue weighted by Gasteiger charge is 2.18. The molecule has 0 radical (unpaired) electrons. The minimum absolute atomic E-state index is 0.00254. The van der Waals surface area contributed by atoms with Crippen LogP contribution in [0.3, 0.4) is 0 Å². The standard InChI is InChI=1S/C11H16N2O3S/c1-2-9(12)8-11(14)13-17(15,16)10-6-4-3-5-7-10/h3-7,9H,2,8,12H2,1H3,(H,13,14). The van der Waals surface area contributed by atoms with Gasteiger partial charge in [-0.15, -0.1) is 0 Å². The zero-order valence-electron chi connectivity index (χ0n) is 9.59. The van der Waals surface area contributed by atoms with Crippen LogP contribution in [0.1, 0.15) is 19.8 Å². The van der Waals surface area contributed by atoms with Gasteiger partial charge in [0.25, 0.3) is 10.0 Å². The molecule has 0 aromatic heterocycles. The van der Waals surface area contributed by atoms with E-state index in [0.717, 1.165) is 0 Å². The Kier molecular flexibility index (Phi) is 4.65. The first-order chi connectivity index (χ1) is 7.95. The van der Waals surface area contributed by atoms with Crippen LogP contribution in [0.4, 0.5) is 0 Å². The summed E-state index contributed by atoms with van der Waals surface area (Å²) in [5.41, 5.74) is 5.58. The van der Waals surface area contributed by atoms with Crippen LogP contribution >= 0.6 is 0 Å². The third-order valence-corrected chi connectivity index (χ3v) is 3.66. The molecule has 0 aliphatic heterocycles. The molecule has 0 fully saturated rings. The van der Waals surface area contributed by atoms with Crippen LogP contribution < -0.4 is 10.5 Å². The lowest BCUT2D eigenvalue weighted by molar-refractivity contribution is -0.119. The highest BCUT2D eigenvalue weighted by molar-refractivity contribution is 7.90. The second-order valence-corrected chi connectivity index (χ2v) is 5.40. The van der Waals surface area contributed by atoms with Gasteiger partial charge in [-0.25, -0.2) is 13.1 Å². The molecule has 1 unspecified atom stereocenters. The van der Waals surface area contributed by atoms with Gasteiger partial charge in [-0.05, 0) is 18.6 Å². The van der Waals surface area contributed by atoms with Gasteiger partial charge >= 0.3 is 0 Å². The fraction of sp³-hybridized carbons (Fsp3) is 0.364. The average molecular weight is 256 g/mol. The molecule has 17 heavy (non-hydrogen) atoms. The molecule has 0 saturated carbocycles. The minimum atomic E-state index is -3.77. The number of benzene rings is 1. The molecule has 1 rings (SSSR count). The van der Waals surface area contributed by atoms with Crippen molar-refractivity contribution in [3.05, 3.63) is 30.3 Å². The van der Waals surface area contributed by atoms with E-state index in [0.29, 0.717) is 6.42 Å². The second kappa shape index (κ2) is 5.79. The Labute approximate surface area is 101 Å². The summed E-state index contributed by atoms with van der Waals surface area (Å²) in [6, 6.07) is 7.42. The van der Waals surface area contributed by atoms with Crippen molar-refractivity contribution in [1.29, 1.82) is 0 Å². The van der Waals surface area contributed by atoms with E-state index in [1.54, 1.807) is 18.2 Å². The van der Waals surface area contributed by atoms with Gasteiger partial charge in [-0.2, -0.15) is 0 Å². The Bertz CT molecular complexity index is 471. The van der Waals surface area contributed by atoms with Crippen LogP contribution in [0.5, 0.6) is 0 Å². The molecule has 6 heteroatoms. The monoisotopic (exact) mass is 256 g/mol. The predicted octanol–water partition coefficient (Wildman–Crippen LogP) is 0.619. The van der Waals surface area contributed by atoms with Crippen LogP contribution in [0, 0.1) is 0 Å². The number of rotatable bonds is 5. The summed E-state index contributed by atoms with van der Waals surface area (Å²) in [4.78, 5) is 11.5. The van der Waals surface area contributed by atoms with Crippen LogP contribution in [-0.2, 0) is 14.8 Å². The Morgan fingerprint density at radius 2 is 1.94 bits per heavy atom. The maximum atomic E-state index is 11.7. The van der Waals surface area contributed by atoms with E-state index in [-0.39, 0.29) is 17.4 Å². The molecule has 1 aromatic carbocycles. The van der Waals surface area contributed by atoms with E-state index in [1.165, 1.54) is 12.1 Å². The maximum Gasteiger partial charge on any atom is 0.264 e. The van der Waals surface area contributed by atoms with E-state index in [4.69, 9.17) is 5.73 Å². The zero-order chi connectivity index (χ0) is 12.9. The predicted molar refractivity (Wildman–Crippen MR) is 64.7 cm³/mol. The molecule has 3 N–H and O–H groups in total. The minimum Gasteiger partial charge on any atom is -0.327 e. The number of nitrogens with two attached hydrogens (primary N) is 1. The van der Waals surface area contributed by atoms with Gasteiger partial charge in [0, 0.05) is 12.5 Å². The fourth-order valence-electron chi connectivity index (χ4n) is 1.23. The first-order valence-electron chi connectivity index (χ1n) is 5.32. The Morgan fingerprint density at radius 1 is 1.35 bits per heavy atom. The SMILES string of the molecule is CCC(N)CC(=O)NS(=O)(=O)c1ccccc1. The molecular formula is C11H16N2O3S. The van der Waals surface area contributed by atoms with E-state index in [9.17, 15) is 13.2 Å². The molecule has 0 aliphatic rings. The van der Waals surface area contributed by atoms with Gasteiger partial charge in [0.1, 0.15) is 0 Å². The molecule has 1 amide bonds. The largest absolute Gasteiger partial charge is 0.327 e. The molecule has 0 aliphatic carbocycles. The number of carbonyl (C=O) groups excluding carboxylic acids is 1. The third-order valence-electron chi connectivity index (χ3n) is 2.27. The highest BCUT2D eigenvalue weighted by Crippen LogP contribution is 2.07. The summed E-state index contributed by atoms with van der Waals surface area (Å²) in [7, 11) is -3.77. The number of hydrogen-bond donors (Lipinski definition) is 2. The topological polar surface area (TPSA) is 89.3 Å². The molecule has 0 bridgehead atoms. The number of carbonyl (C=O) groups is 1. The molecule has 1 aromatic rings. The van der Waals surface area contributed by atoms with Crippen molar-refractivity contribution in [3.63, 3.8) is 0 Å². The average Bonchev–Trinajstić information content (AvgIpc) is 2.29. The van der Waals surface area contributed by atoms with Gasteiger partial charge in [-0.1, -0.05) is 25.1 Å². The second-order valence-electron chi connectivity index (χ2n) is 3.71. The van der Waals surface area contributed by atoms with Crippen molar-refractivity contribution in [3.8, 4) is 0 Å². The molecule has 5 nitrogen and oxygen atoms in total. The number of sulfonamides is 1. The lowest BCUT2D eigenvalue weighted by Gasteiger charge is -2.09. The number of hydrogen-bond acceptors (Lipinski definition) is 4. The van der Waals surface area contributed by atoms with Crippen molar-refractivity contribution in [1.82, 2.24) is 4.72 Å². The van der Waals surface area contributed by atoms with E-state index in [2.05, 4.69) is 0 Å². The summed E-state index contributed by atoms with van der Waals surface area (Å²) in [5.74, 6) is -0.580.